The molecule has 3 N–H and O–H groups in total. The summed E-state index contributed by atoms with van der Waals surface area (Å²) in [6.45, 7) is 0. The van der Waals surface area contributed by atoms with Crippen LogP contribution in [0.4, 0.5) is 0 Å². The van der Waals surface area contributed by atoms with Gasteiger partial charge in [-0.15, -0.1) is 0 Å². The van der Waals surface area contributed by atoms with Crippen LogP contribution in [0.1, 0.15) is 28.9 Å². The third kappa shape index (κ3) is 2.96. The van der Waals surface area contributed by atoms with Crippen molar-refractivity contribution in [2.24, 2.45) is 0 Å². The molecule has 114 valence electrons. The number of halogens is 2. The Morgan fingerprint density at radius 1 is 1.05 bits per heavy atom. The van der Waals surface area contributed by atoms with Crippen LogP contribution in [0, 0.1) is 0 Å². The SMILES string of the molecule is O=C(NNC(=O)C1(c2ccc(Br)cc2)CC1)c1cc(Br)c[nH]1. The molecule has 0 unspecified atom stereocenters. The molecule has 3 rings (SSSR count). The minimum Gasteiger partial charge on any atom is -0.356 e. The zero-order chi connectivity index (χ0) is 15.7. The lowest BCUT2D eigenvalue weighted by molar-refractivity contribution is -0.124. The van der Waals surface area contributed by atoms with Crippen LogP contribution in [0.2, 0.25) is 0 Å². The lowest BCUT2D eigenvalue weighted by atomic mass is 9.95. The fourth-order valence-corrected chi connectivity index (χ4v) is 2.95. The summed E-state index contributed by atoms with van der Waals surface area (Å²) in [6, 6.07) is 9.33. The molecule has 0 aliphatic heterocycles. The molecule has 5 nitrogen and oxygen atoms in total. The lowest BCUT2D eigenvalue weighted by Gasteiger charge is -2.16. The summed E-state index contributed by atoms with van der Waals surface area (Å²) in [5.41, 5.74) is 5.78. The zero-order valence-corrected chi connectivity index (χ0v) is 14.6. The highest BCUT2D eigenvalue weighted by atomic mass is 79.9. The summed E-state index contributed by atoms with van der Waals surface area (Å²) < 4.78 is 1.75. The third-order valence-electron chi connectivity index (χ3n) is 3.76. The van der Waals surface area contributed by atoms with E-state index in [1.54, 1.807) is 12.3 Å². The fourth-order valence-electron chi connectivity index (χ4n) is 2.34. The Kier molecular flexibility index (Phi) is 4.10. The van der Waals surface area contributed by atoms with Crippen molar-refractivity contribution in [3.8, 4) is 0 Å². The van der Waals surface area contributed by atoms with Gasteiger partial charge in [0.15, 0.2) is 0 Å². The predicted molar refractivity (Wildman–Crippen MR) is 89.2 cm³/mol. The summed E-state index contributed by atoms with van der Waals surface area (Å²) >= 11 is 6.64. The molecule has 1 fully saturated rings. The van der Waals surface area contributed by atoms with Gasteiger partial charge in [-0.3, -0.25) is 20.4 Å². The molecule has 1 heterocycles. The highest BCUT2D eigenvalue weighted by Crippen LogP contribution is 2.48. The molecule has 0 spiro atoms. The van der Waals surface area contributed by atoms with Gasteiger partial charge in [0.25, 0.3) is 5.91 Å². The van der Waals surface area contributed by atoms with Crippen LogP contribution in [0.25, 0.3) is 0 Å². The first kappa shape index (κ1) is 15.3. The minimum absolute atomic E-state index is 0.186. The smallest absolute Gasteiger partial charge is 0.286 e. The van der Waals surface area contributed by atoms with Crippen molar-refractivity contribution in [1.29, 1.82) is 0 Å². The maximum atomic E-state index is 12.4. The van der Waals surface area contributed by atoms with E-state index < -0.39 is 5.41 Å². The highest BCUT2D eigenvalue weighted by molar-refractivity contribution is 9.10. The number of amides is 2. The Morgan fingerprint density at radius 2 is 1.73 bits per heavy atom. The van der Waals surface area contributed by atoms with Crippen LogP contribution in [0.3, 0.4) is 0 Å². The van der Waals surface area contributed by atoms with E-state index in [4.69, 9.17) is 0 Å². The third-order valence-corrected chi connectivity index (χ3v) is 4.75. The van der Waals surface area contributed by atoms with Crippen molar-refractivity contribution in [2.45, 2.75) is 18.3 Å². The number of nitrogens with one attached hydrogen (secondary N) is 3. The summed E-state index contributed by atoms with van der Waals surface area (Å²) in [4.78, 5) is 27.1. The Morgan fingerprint density at radius 3 is 2.27 bits per heavy atom. The summed E-state index contributed by atoms with van der Waals surface area (Å²) in [6.07, 6.45) is 3.22. The lowest BCUT2D eigenvalue weighted by Crippen LogP contribution is -2.46. The quantitative estimate of drug-likeness (QED) is 0.660. The molecule has 22 heavy (non-hydrogen) atoms. The van der Waals surface area contributed by atoms with Crippen LogP contribution >= 0.6 is 31.9 Å². The van der Waals surface area contributed by atoms with E-state index in [9.17, 15) is 9.59 Å². The van der Waals surface area contributed by atoms with Crippen molar-refractivity contribution in [3.05, 3.63) is 56.7 Å². The van der Waals surface area contributed by atoms with Crippen LogP contribution in [-0.4, -0.2) is 16.8 Å². The predicted octanol–water partition coefficient (Wildman–Crippen LogP) is 3.03. The van der Waals surface area contributed by atoms with Gasteiger partial charge in [0, 0.05) is 15.1 Å². The van der Waals surface area contributed by atoms with Gasteiger partial charge in [-0.2, -0.15) is 0 Å². The second-order valence-electron chi connectivity index (χ2n) is 5.23. The van der Waals surface area contributed by atoms with E-state index >= 15 is 0 Å². The number of carbonyl (C=O) groups is 2. The summed E-state index contributed by atoms with van der Waals surface area (Å²) in [5.74, 6) is -0.570. The Hall–Kier alpha value is -1.60. The molecule has 1 aliphatic rings. The first-order valence-corrected chi connectivity index (χ1v) is 8.31. The normalized spacial score (nSPS) is 15.2. The number of carbonyl (C=O) groups excluding carboxylic acids is 2. The van der Waals surface area contributed by atoms with Crippen molar-refractivity contribution < 1.29 is 9.59 Å². The zero-order valence-electron chi connectivity index (χ0n) is 11.5. The van der Waals surface area contributed by atoms with E-state index in [0.29, 0.717) is 5.69 Å². The number of benzene rings is 1. The van der Waals surface area contributed by atoms with E-state index in [2.05, 4.69) is 47.7 Å². The van der Waals surface area contributed by atoms with E-state index in [1.807, 2.05) is 24.3 Å². The molecule has 0 bridgehead atoms. The summed E-state index contributed by atoms with van der Waals surface area (Å²) in [7, 11) is 0. The molecule has 0 saturated heterocycles. The first-order valence-electron chi connectivity index (χ1n) is 6.72. The molecule has 2 aromatic rings. The Labute approximate surface area is 144 Å². The van der Waals surface area contributed by atoms with Crippen LogP contribution < -0.4 is 10.9 Å². The average Bonchev–Trinajstić information content (AvgIpc) is 3.21. The molecule has 1 saturated carbocycles. The highest BCUT2D eigenvalue weighted by Gasteiger charge is 2.51. The number of aromatic amines is 1. The maximum Gasteiger partial charge on any atom is 0.286 e. The van der Waals surface area contributed by atoms with E-state index in [-0.39, 0.29) is 11.8 Å². The van der Waals surface area contributed by atoms with Crippen molar-refractivity contribution in [2.75, 3.05) is 0 Å². The number of hydrogen-bond acceptors (Lipinski definition) is 2. The number of H-pyrrole nitrogens is 1. The fraction of sp³-hybridized carbons (Fsp3) is 0.200. The Bertz CT molecular complexity index is 721. The summed E-state index contributed by atoms with van der Waals surface area (Å²) in [5, 5.41) is 0. The topological polar surface area (TPSA) is 74.0 Å². The van der Waals surface area contributed by atoms with Gasteiger partial charge in [-0.25, -0.2) is 0 Å². The van der Waals surface area contributed by atoms with Gasteiger partial charge in [0.05, 0.1) is 5.41 Å². The van der Waals surface area contributed by atoms with Crippen LogP contribution in [-0.2, 0) is 10.2 Å². The van der Waals surface area contributed by atoms with Gasteiger partial charge in [-0.05, 0) is 52.5 Å². The first-order chi connectivity index (χ1) is 10.5. The van der Waals surface area contributed by atoms with Crippen LogP contribution in [0.5, 0.6) is 0 Å². The van der Waals surface area contributed by atoms with E-state index in [0.717, 1.165) is 27.4 Å². The number of hydrazine groups is 1. The average molecular weight is 427 g/mol. The monoisotopic (exact) mass is 425 g/mol. The van der Waals surface area contributed by atoms with Gasteiger partial charge in [0.2, 0.25) is 5.91 Å². The molecule has 0 atom stereocenters. The van der Waals surface area contributed by atoms with Crippen molar-refractivity contribution in [3.63, 3.8) is 0 Å². The largest absolute Gasteiger partial charge is 0.356 e. The second kappa shape index (κ2) is 5.89. The molecule has 7 heteroatoms. The van der Waals surface area contributed by atoms with Crippen LogP contribution in [0.15, 0.2) is 45.5 Å². The van der Waals surface area contributed by atoms with Gasteiger partial charge in [0.1, 0.15) is 5.69 Å². The molecule has 2 amide bonds. The van der Waals surface area contributed by atoms with Gasteiger partial charge in [-0.1, -0.05) is 28.1 Å². The number of hydrogen-bond donors (Lipinski definition) is 3. The molecular formula is C15H13Br2N3O2. The molecule has 1 aromatic heterocycles. The van der Waals surface area contributed by atoms with Gasteiger partial charge >= 0.3 is 0 Å². The minimum atomic E-state index is -0.524. The molecule has 0 radical (unpaired) electrons. The van der Waals surface area contributed by atoms with Crippen molar-refractivity contribution in [1.82, 2.24) is 15.8 Å². The number of rotatable bonds is 3. The maximum absolute atomic E-state index is 12.4. The van der Waals surface area contributed by atoms with Gasteiger partial charge < -0.3 is 4.98 Å². The molecular weight excluding hydrogens is 414 g/mol. The molecule has 1 aliphatic carbocycles. The van der Waals surface area contributed by atoms with Crippen molar-refractivity contribution >= 4 is 43.7 Å². The standard InChI is InChI=1S/C15H13Br2N3O2/c16-10-3-1-9(2-4-10)15(5-6-15)14(22)20-19-13(21)12-7-11(17)8-18-12/h1-4,7-8,18H,5-6H2,(H,19,21)(H,20,22). The van der Waals surface area contributed by atoms with E-state index in [1.165, 1.54) is 0 Å². The number of aromatic nitrogens is 1. The second-order valence-corrected chi connectivity index (χ2v) is 7.06. The molecule has 1 aromatic carbocycles. The Balaban J connectivity index is 1.64.